The minimum Gasteiger partial charge on any atom is -0.374 e. The van der Waals surface area contributed by atoms with Crippen LogP contribution in [0.3, 0.4) is 0 Å². The molecular weight excluding hydrogens is 697 g/mol. The van der Waals surface area contributed by atoms with Crippen LogP contribution in [0.5, 0.6) is 0 Å². The lowest BCUT2D eigenvalue weighted by molar-refractivity contribution is -0.161. The van der Waals surface area contributed by atoms with Gasteiger partial charge < -0.3 is 25.4 Å². The Morgan fingerprint density at radius 3 is 2.46 bits per heavy atom. The highest BCUT2D eigenvalue weighted by Crippen LogP contribution is 2.35. The average molecular weight is 735 g/mol. The fourth-order valence-corrected chi connectivity index (χ4v) is 7.50. The van der Waals surface area contributed by atoms with Crippen LogP contribution < -0.4 is 20.3 Å². The monoisotopic (exact) mass is 734 g/mol. The zero-order chi connectivity index (χ0) is 36.1. The maximum Gasteiger partial charge on any atom is 0.416 e. The number of benzene rings is 3. The Kier molecular flexibility index (Phi) is 11.6. The number of sulfonamides is 1. The van der Waals surface area contributed by atoms with E-state index in [-0.39, 0.29) is 55.1 Å². The van der Waals surface area contributed by atoms with Gasteiger partial charge in [-0.3, -0.25) is 13.9 Å². The van der Waals surface area contributed by atoms with E-state index in [1.165, 1.54) is 30.4 Å². The third kappa shape index (κ3) is 8.49. The lowest BCUT2D eigenvalue weighted by Crippen LogP contribution is -2.62. The van der Waals surface area contributed by atoms with Crippen LogP contribution >= 0.6 is 11.6 Å². The molecule has 15 heteroatoms. The topological polar surface area (TPSA) is 126 Å². The normalized spacial score (nSPS) is 23.1. The molecule has 2 atom stereocenters. The van der Waals surface area contributed by atoms with Crippen LogP contribution in [0, 0.1) is 0 Å². The molecule has 3 aromatic carbocycles. The van der Waals surface area contributed by atoms with Crippen LogP contribution in [0.4, 0.5) is 18.9 Å². The van der Waals surface area contributed by atoms with Gasteiger partial charge in [0.25, 0.3) is 21.8 Å². The molecule has 1 saturated heterocycles. The molecule has 0 aromatic heterocycles. The zero-order valence-corrected chi connectivity index (χ0v) is 29.0. The standard InChI is InChI=1S/C35H38ClF3N4O6S/c1-23(2)24-8-10-25(11-9-24)30-20-41-32(44)26-12-13-29(36)31(18-26)50(46,47)43(28-7-5-6-27(19-28)35(37,38)39)15-3-4-16-48-22-34(33(45)42-30)21-40-14-17-49-34/h3-13,18-19,23,30,40H,14-17,20-22H2,1-2H3,(H,41,44)(H,42,45)/b4-3+. The highest BCUT2D eigenvalue weighted by Gasteiger charge is 2.43. The molecule has 1 spiro atoms. The van der Waals surface area contributed by atoms with Gasteiger partial charge >= 0.3 is 6.18 Å². The number of hydrogen-bond donors (Lipinski definition) is 3. The van der Waals surface area contributed by atoms with Crippen molar-refractivity contribution in [2.45, 2.75) is 42.5 Å². The Bertz CT molecular complexity index is 1830. The summed E-state index contributed by atoms with van der Waals surface area (Å²) in [6, 6.07) is 14.4. The summed E-state index contributed by atoms with van der Waals surface area (Å²) in [5.41, 5.74) is -1.02. The first kappa shape index (κ1) is 37.3. The lowest BCUT2D eigenvalue weighted by Gasteiger charge is -2.37. The number of anilines is 1. The molecule has 2 unspecified atom stereocenters. The summed E-state index contributed by atoms with van der Waals surface area (Å²) in [7, 11) is -4.63. The minimum atomic E-state index is -4.73. The van der Waals surface area contributed by atoms with Crippen molar-refractivity contribution in [1.82, 2.24) is 16.0 Å². The average Bonchev–Trinajstić information content (AvgIpc) is 3.09. The molecule has 268 valence electrons. The van der Waals surface area contributed by atoms with Gasteiger partial charge in [0, 0.05) is 25.2 Å². The quantitative estimate of drug-likeness (QED) is 0.316. The van der Waals surface area contributed by atoms with Gasteiger partial charge in [-0.25, -0.2) is 8.42 Å². The molecule has 2 aliphatic rings. The molecule has 5 rings (SSSR count). The zero-order valence-electron chi connectivity index (χ0n) is 27.4. The molecule has 0 radical (unpaired) electrons. The van der Waals surface area contributed by atoms with Gasteiger partial charge in [-0.1, -0.05) is 67.9 Å². The van der Waals surface area contributed by atoms with Gasteiger partial charge in [0.05, 0.1) is 48.7 Å². The Labute approximate surface area is 294 Å². The molecule has 2 amide bonds. The van der Waals surface area contributed by atoms with E-state index in [9.17, 15) is 31.2 Å². The van der Waals surface area contributed by atoms with E-state index in [2.05, 4.69) is 29.8 Å². The highest BCUT2D eigenvalue weighted by atomic mass is 35.5. The predicted molar refractivity (Wildman–Crippen MR) is 183 cm³/mol. The molecule has 10 nitrogen and oxygen atoms in total. The van der Waals surface area contributed by atoms with E-state index in [1.54, 1.807) is 0 Å². The van der Waals surface area contributed by atoms with Crippen molar-refractivity contribution in [3.05, 3.63) is 106 Å². The molecule has 0 aliphatic carbocycles. The number of nitrogens with one attached hydrogen (secondary N) is 3. The minimum absolute atomic E-state index is 0.0682. The fraction of sp³-hybridized carbons (Fsp3) is 0.371. The molecule has 3 aromatic rings. The number of rotatable bonds is 3. The van der Waals surface area contributed by atoms with Crippen LogP contribution in [-0.4, -0.2) is 71.8 Å². The number of ether oxygens (including phenoxy) is 2. The van der Waals surface area contributed by atoms with Crippen LogP contribution in [0.25, 0.3) is 0 Å². The second-order valence-corrected chi connectivity index (χ2v) is 14.5. The Morgan fingerprint density at radius 1 is 1.02 bits per heavy atom. The number of carbonyl (C=O) groups is 2. The molecule has 0 saturated carbocycles. The molecule has 2 bridgehead atoms. The number of halogens is 4. The van der Waals surface area contributed by atoms with Gasteiger partial charge in [-0.2, -0.15) is 13.2 Å². The number of nitrogens with zero attached hydrogens (tertiary/aromatic N) is 1. The van der Waals surface area contributed by atoms with Crippen molar-refractivity contribution < 1.29 is 40.7 Å². The van der Waals surface area contributed by atoms with E-state index in [4.69, 9.17) is 21.1 Å². The van der Waals surface area contributed by atoms with Crippen LogP contribution in [0.2, 0.25) is 5.02 Å². The maximum atomic E-state index is 14.1. The smallest absolute Gasteiger partial charge is 0.374 e. The van der Waals surface area contributed by atoms with Crippen molar-refractivity contribution >= 4 is 39.1 Å². The van der Waals surface area contributed by atoms with E-state index in [0.29, 0.717) is 12.1 Å². The van der Waals surface area contributed by atoms with E-state index in [0.717, 1.165) is 34.1 Å². The van der Waals surface area contributed by atoms with E-state index in [1.807, 2.05) is 24.3 Å². The Balaban J connectivity index is 1.56. The van der Waals surface area contributed by atoms with Gasteiger partial charge in [0.1, 0.15) is 4.90 Å². The number of hydrogen-bond acceptors (Lipinski definition) is 7. The molecule has 3 N–H and O–H groups in total. The summed E-state index contributed by atoms with van der Waals surface area (Å²) < 4.78 is 81.8. The second-order valence-electron chi connectivity index (χ2n) is 12.3. The van der Waals surface area contributed by atoms with Crippen molar-refractivity contribution in [2.24, 2.45) is 0 Å². The molecule has 1 fully saturated rings. The number of morpholine rings is 1. The maximum absolute atomic E-state index is 14.1. The first-order valence-electron chi connectivity index (χ1n) is 16.0. The largest absolute Gasteiger partial charge is 0.416 e. The number of amides is 2. The van der Waals surface area contributed by atoms with Crippen LogP contribution in [-0.2, 0) is 30.5 Å². The lowest BCUT2D eigenvalue weighted by atomic mass is 9.97. The van der Waals surface area contributed by atoms with Crippen molar-refractivity contribution in [1.29, 1.82) is 0 Å². The van der Waals surface area contributed by atoms with Gasteiger partial charge in [-0.15, -0.1) is 0 Å². The number of carbonyl (C=O) groups excluding carboxylic acids is 2. The molecular formula is C35H38ClF3N4O6S. The van der Waals surface area contributed by atoms with Crippen molar-refractivity contribution in [3.8, 4) is 0 Å². The Morgan fingerprint density at radius 2 is 1.78 bits per heavy atom. The summed E-state index contributed by atoms with van der Waals surface area (Å²) in [6.07, 6.45) is -1.83. The van der Waals surface area contributed by atoms with Gasteiger partial charge in [0.15, 0.2) is 5.60 Å². The van der Waals surface area contributed by atoms with Crippen molar-refractivity contribution in [2.75, 3.05) is 50.3 Å². The highest BCUT2D eigenvalue weighted by molar-refractivity contribution is 7.93. The third-order valence-electron chi connectivity index (χ3n) is 8.47. The van der Waals surface area contributed by atoms with Gasteiger partial charge in [0.2, 0.25) is 0 Å². The van der Waals surface area contributed by atoms with E-state index >= 15 is 0 Å². The summed E-state index contributed by atoms with van der Waals surface area (Å²) in [4.78, 5) is 27.0. The summed E-state index contributed by atoms with van der Waals surface area (Å²) in [5, 5.41) is 8.72. The number of fused-ring (bicyclic) bond motifs is 2. The van der Waals surface area contributed by atoms with Gasteiger partial charge in [-0.05, 0) is 53.4 Å². The fourth-order valence-electron chi connectivity index (χ4n) is 5.59. The first-order chi connectivity index (χ1) is 23.7. The van der Waals surface area contributed by atoms with Crippen LogP contribution in [0.1, 0.15) is 52.9 Å². The summed E-state index contributed by atoms with van der Waals surface area (Å²) in [5.74, 6) is -0.867. The molecule has 50 heavy (non-hydrogen) atoms. The second kappa shape index (κ2) is 15.5. The summed E-state index contributed by atoms with van der Waals surface area (Å²) in [6.45, 7) is 4.29. The van der Waals surface area contributed by atoms with Crippen molar-refractivity contribution in [3.63, 3.8) is 0 Å². The van der Waals surface area contributed by atoms with Crippen LogP contribution in [0.15, 0.2) is 83.8 Å². The molecule has 2 heterocycles. The third-order valence-corrected chi connectivity index (χ3v) is 10.7. The Hall–Kier alpha value is -3.95. The SMILES string of the molecule is CC(C)c1ccc(C2CNC(=O)c3ccc(Cl)c(c3)S(=O)(=O)N(c3cccc(C(F)(F)F)c3)C/C=C/COCC3(CNCCO3)C(=O)N2)cc1. The molecule has 2 aliphatic heterocycles. The first-order valence-corrected chi connectivity index (χ1v) is 17.8. The summed E-state index contributed by atoms with van der Waals surface area (Å²) >= 11 is 6.36. The number of alkyl halides is 3. The predicted octanol–water partition coefficient (Wildman–Crippen LogP) is 5.21. The van der Waals surface area contributed by atoms with E-state index < -0.39 is 56.7 Å².